The van der Waals surface area contributed by atoms with Crippen LogP contribution in [0.15, 0.2) is 48.9 Å². The number of aromatic nitrogens is 3. The fourth-order valence-corrected chi connectivity index (χ4v) is 1.97. The molecule has 20 heavy (non-hydrogen) atoms. The highest BCUT2D eigenvalue weighted by Crippen LogP contribution is 2.21. The minimum Gasteiger partial charge on any atom is -0.319 e. The second kappa shape index (κ2) is 5.05. The third-order valence-corrected chi connectivity index (χ3v) is 2.92. The van der Waals surface area contributed by atoms with Gasteiger partial charge >= 0.3 is 0 Å². The molecule has 0 aliphatic heterocycles. The quantitative estimate of drug-likeness (QED) is 0.772. The number of carbonyl (C=O) groups excluding carboxylic acids is 1. The van der Waals surface area contributed by atoms with Gasteiger partial charge in [0.15, 0.2) is 0 Å². The molecule has 0 unspecified atom stereocenters. The van der Waals surface area contributed by atoms with E-state index < -0.39 is 0 Å². The number of aryl methyl sites for hydroxylation is 1. The van der Waals surface area contributed by atoms with Crippen LogP contribution in [0.25, 0.3) is 10.9 Å². The van der Waals surface area contributed by atoms with Crippen LogP contribution in [0.5, 0.6) is 0 Å². The standard InChI is InChI=1S/C15H12N4O/c1-10-8-13(18-9-17-10)15(20)19-12-6-2-4-11-5-3-7-16-14(11)12/h2-9H,1H3,(H,19,20). The number of hydrogen-bond donors (Lipinski definition) is 1. The lowest BCUT2D eigenvalue weighted by Crippen LogP contribution is -2.14. The summed E-state index contributed by atoms with van der Waals surface area (Å²) in [5.74, 6) is -0.270. The van der Waals surface area contributed by atoms with Gasteiger partial charge in [-0.1, -0.05) is 18.2 Å². The van der Waals surface area contributed by atoms with Crippen molar-refractivity contribution in [2.45, 2.75) is 6.92 Å². The zero-order valence-corrected chi connectivity index (χ0v) is 10.9. The van der Waals surface area contributed by atoms with Crippen LogP contribution >= 0.6 is 0 Å². The van der Waals surface area contributed by atoms with E-state index in [1.807, 2.05) is 37.3 Å². The van der Waals surface area contributed by atoms with Crippen molar-refractivity contribution in [2.75, 3.05) is 5.32 Å². The number of hydrogen-bond acceptors (Lipinski definition) is 4. The van der Waals surface area contributed by atoms with E-state index in [2.05, 4.69) is 20.3 Å². The number of nitrogens with one attached hydrogen (secondary N) is 1. The molecule has 2 aromatic heterocycles. The van der Waals surface area contributed by atoms with Crippen LogP contribution in [-0.2, 0) is 0 Å². The van der Waals surface area contributed by atoms with Crippen LogP contribution in [0.3, 0.4) is 0 Å². The Morgan fingerprint density at radius 3 is 2.80 bits per heavy atom. The van der Waals surface area contributed by atoms with Gasteiger partial charge in [-0.3, -0.25) is 9.78 Å². The SMILES string of the molecule is Cc1cc(C(=O)Nc2cccc3cccnc23)ncn1. The summed E-state index contributed by atoms with van der Waals surface area (Å²) in [5, 5.41) is 3.81. The van der Waals surface area contributed by atoms with Crippen molar-refractivity contribution in [1.29, 1.82) is 0 Å². The third kappa shape index (κ3) is 2.33. The van der Waals surface area contributed by atoms with Crippen molar-refractivity contribution in [3.63, 3.8) is 0 Å². The van der Waals surface area contributed by atoms with Crippen LogP contribution in [0, 0.1) is 6.92 Å². The molecule has 5 nitrogen and oxygen atoms in total. The van der Waals surface area contributed by atoms with Crippen LogP contribution in [0.1, 0.15) is 16.2 Å². The van der Waals surface area contributed by atoms with Gasteiger partial charge in [-0.15, -0.1) is 0 Å². The second-order valence-corrected chi connectivity index (χ2v) is 4.38. The van der Waals surface area contributed by atoms with E-state index in [1.165, 1.54) is 6.33 Å². The molecule has 5 heteroatoms. The minimum absolute atomic E-state index is 0.270. The van der Waals surface area contributed by atoms with Gasteiger partial charge in [0.2, 0.25) is 0 Å². The molecular weight excluding hydrogens is 252 g/mol. The van der Waals surface area contributed by atoms with Gasteiger partial charge in [0.05, 0.1) is 11.2 Å². The Morgan fingerprint density at radius 1 is 1.10 bits per heavy atom. The normalized spacial score (nSPS) is 10.4. The molecule has 1 amide bonds. The fraction of sp³-hybridized carbons (Fsp3) is 0.0667. The lowest BCUT2D eigenvalue weighted by Gasteiger charge is -2.07. The van der Waals surface area contributed by atoms with Gasteiger partial charge in [0, 0.05) is 17.3 Å². The van der Waals surface area contributed by atoms with Gasteiger partial charge < -0.3 is 5.32 Å². The van der Waals surface area contributed by atoms with E-state index in [4.69, 9.17) is 0 Å². The van der Waals surface area contributed by atoms with Crippen LogP contribution in [0.2, 0.25) is 0 Å². The zero-order valence-electron chi connectivity index (χ0n) is 10.9. The number of amides is 1. The molecule has 0 spiro atoms. The Labute approximate surface area is 115 Å². The molecular formula is C15H12N4O. The molecule has 0 atom stereocenters. The summed E-state index contributed by atoms with van der Waals surface area (Å²) in [6.07, 6.45) is 3.08. The van der Waals surface area contributed by atoms with Crippen LogP contribution < -0.4 is 5.32 Å². The maximum atomic E-state index is 12.2. The number of nitrogens with zero attached hydrogens (tertiary/aromatic N) is 3. The van der Waals surface area contributed by atoms with Crippen molar-refractivity contribution in [3.8, 4) is 0 Å². The summed E-state index contributed by atoms with van der Waals surface area (Å²) in [7, 11) is 0. The highest BCUT2D eigenvalue weighted by Gasteiger charge is 2.10. The first-order valence-electron chi connectivity index (χ1n) is 6.18. The predicted molar refractivity (Wildman–Crippen MR) is 76.5 cm³/mol. The summed E-state index contributed by atoms with van der Waals surface area (Å²) in [6.45, 7) is 1.82. The molecule has 2 heterocycles. The first kappa shape index (κ1) is 12.2. The summed E-state index contributed by atoms with van der Waals surface area (Å²) in [4.78, 5) is 24.4. The first-order valence-corrected chi connectivity index (χ1v) is 6.18. The van der Waals surface area contributed by atoms with Crippen molar-refractivity contribution < 1.29 is 4.79 Å². The van der Waals surface area contributed by atoms with Crippen molar-refractivity contribution in [2.24, 2.45) is 0 Å². The monoisotopic (exact) mass is 264 g/mol. The summed E-state index contributed by atoms with van der Waals surface area (Å²) >= 11 is 0. The molecule has 0 radical (unpaired) electrons. The Kier molecular flexibility index (Phi) is 3.09. The molecule has 1 N–H and O–H groups in total. The largest absolute Gasteiger partial charge is 0.319 e. The Hall–Kier alpha value is -2.82. The highest BCUT2D eigenvalue weighted by molar-refractivity contribution is 6.07. The summed E-state index contributed by atoms with van der Waals surface area (Å²) in [5.41, 5.74) is 2.52. The number of carbonyl (C=O) groups is 1. The lowest BCUT2D eigenvalue weighted by atomic mass is 10.2. The van der Waals surface area contributed by atoms with Crippen LogP contribution in [-0.4, -0.2) is 20.9 Å². The number of benzene rings is 1. The number of anilines is 1. The average Bonchev–Trinajstić information content (AvgIpc) is 2.47. The number of fused-ring (bicyclic) bond motifs is 1. The van der Waals surface area contributed by atoms with Gasteiger partial charge in [0.25, 0.3) is 5.91 Å². The molecule has 1 aromatic carbocycles. The molecule has 98 valence electrons. The molecule has 0 fully saturated rings. The summed E-state index contributed by atoms with van der Waals surface area (Å²) < 4.78 is 0. The van der Waals surface area contributed by atoms with Gasteiger partial charge in [0.1, 0.15) is 12.0 Å². The average molecular weight is 264 g/mol. The molecule has 0 bridgehead atoms. The highest BCUT2D eigenvalue weighted by atomic mass is 16.1. The second-order valence-electron chi connectivity index (χ2n) is 4.38. The topological polar surface area (TPSA) is 67.8 Å². The molecule has 0 saturated heterocycles. The Balaban J connectivity index is 1.95. The fourth-order valence-electron chi connectivity index (χ4n) is 1.97. The maximum absolute atomic E-state index is 12.2. The van der Waals surface area contributed by atoms with Gasteiger partial charge in [-0.2, -0.15) is 0 Å². The molecule has 3 aromatic rings. The Bertz CT molecular complexity index is 780. The third-order valence-electron chi connectivity index (χ3n) is 2.92. The van der Waals surface area contributed by atoms with E-state index >= 15 is 0 Å². The van der Waals surface area contributed by atoms with Crippen LogP contribution in [0.4, 0.5) is 5.69 Å². The van der Waals surface area contributed by atoms with E-state index in [-0.39, 0.29) is 5.91 Å². The minimum atomic E-state index is -0.270. The van der Waals surface area contributed by atoms with Crippen molar-refractivity contribution in [3.05, 3.63) is 60.3 Å². The predicted octanol–water partition coefficient (Wildman–Crippen LogP) is 2.59. The maximum Gasteiger partial charge on any atom is 0.274 e. The molecule has 0 aliphatic rings. The van der Waals surface area contributed by atoms with E-state index in [1.54, 1.807) is 12.3 Å². The first-order chi connectivity index (χ1) is 9.74. The summed E-state index contributed by atoms with van der Waals surface area (Å²) in [6, 6.07) is 11.1. The number of pyridine rings is 1. The van der Waals surface area contributed by atoms with E-state index in [0.717, 1.165) is 16.6 Å². The van der Waals surface area contributed by atoms with Crippen molar-refractivity contribution >= 4 is 22.5 Å². The number of para-hydroxylation sites is 1. The molecule has 0 aliphatic carbocycles. The zero-order chi connectivity index (χ0) is 13.9. The Morgan fingerprint density at radius 2 is 1.95 bits per heavy atom. The van der Waals surface area contributed by atoms with E-state index in [9.17, 15) is 4.79 Å². The van der Waals surface area contributed by atoms with Crippen molar-refractivity contribution in [1.82, 2.24) is 15.0 Å². The lowest BCUT2D eigenvalue weighted by molar-refractivity contribution is 0.102. The van der Waals surface area contributed by atoms with Gasteiger partial charge in [-0.25, -0.2) is 9.97 Å². The van der Waals surface area contributed by atoms with Gasteiger partial charge in [-0.05, 0) is 25.1 Å². The van der Waals surface area contributed by atoms with E-state index in [0.29, 0.717) is 11.4 Å². The molecule has 0 saturated carbocycles. The number of rotatable bonds is 2. The smallest absolute Gasteiger partial charge is 0.274 e. The molecule has 3 rings (SSSR count).